The minimum Gasteiger partial charge on any atom is -0.322 e. The number of hydrogen-bond donors (Lipinski definition) is 1. The Kier molecular flexibility index (Phi) is 4.68. The summed E-state index contributed by atoms with van der Waals surface area (Å²) in [5.41, 5.74) is 0.458. The highest BCUT2D eigenvalue weighted by Gasteiger charge is 2.24. The maximum atomic E-state index is 13.9. The third kappa shape index (κ3) is 2.97. The topological polar surface area (TPSA) is 64.0 Å². The van der Waals surface area contributed by atoms with Gasteiger partial charge in [0.05, 0.1) is 21.5 Å². The highest BCUT2D eigenvalue weighted by Crippen LogP contribution is 2.33. The summed E-state index contributed by atoms with van der Waals surface area (Å²) >= 11 is 1.52. The number of aromatic nitrogens is 2. The van der Waals surface area contributed by atoms with Crippen molar-refractivity contribution in [3.63, 3.8) is 0 Å². The number of amides is 1. The van der Waals surface area contributed by atoms with E-state index >= 15 is 0 Å². The normalized spacial score (nSPS) is 12.4. The lowest BCUT2D eigenvalue weighted by molar-refractivity contribution is -0.119. The van der Waals surface area contributed by atoms with E-state index in [0.717, 1.165) is 14.8 Å². The van der Waals surface area contributed by atoms with Gasteiger partial charge in [0.1, 0.15) is 11.9 Å². The Morgan fingerprint density at radius 1 is 1.21 bits per heavy atom. The average molecular weight is 395 g/mol. The predicted molar refractivity (Wildman–Crippen MR) is 110 cm³/mol. The third-order valence-corrected chi connectivity index (χ3v) is 6.00. The van der Waals surface area contributed by atoms with Crippen molar-refractivity contribution in [1.29, 1.82) is 0 Å². The maximum Gasteiger partial charge on any atom is 0.276 e. The van der Waals surface area contributed by atoms with Gasteiger partial charge in [0, 0.05) is 10.1 Å². The maximum absolute atomic E-state index is 13.9. The van der Waals surface area contributed by atoms with Gasteiger partial charge in [-0.05, 0) is 31.5 Å². The second-order valence-corrected chi connectivity index (χ2v) is 7.58. The minimum atomic E-state index is -0.839. The molecule has 2 aromatic heterocycles. The van der Waals surface area contributed by atoms with Gasteiger partial charge in [-0.3, -0.25) is 9.59 Å². The Hall–Kier alpha value is -3.06. The molecule has 0 aliphatic rings. The molecule has 2 heterocycles. The highest BCUT2D eigenvalue weighted by molar-refractivity contribution is 7.26. The summed E-state index contributed by atoms with van der Waals surface area (Å²) in [5.74, 6) is -0.998. The van der Waals surface area contributed by atoms with E-state index in [-0.39, 0.29) is 11.2 Å². The van der Waals surface area contributed by atoms with Gasteiger partial charge in [-0.2, -0.15) is 5.10 Å². The predicted octanol–water partition coefficient (Wildman–Crippen LogP) is 4.65. The molecule has 1 amide bonds. The van der Waals surface area contributed by atoms with Crippen molar-refractivity contribution in [2.24, 2.45) is 0 Å². The molecule has 28 heavy (non-hydrogen) atoms. The molecule has 142 valence electrons. The van der Waals surface area contributed by atoms with Gasteiger partial charge in [-0.25, -0.2) is 9.07 Å². The number of benzene rings is 2. The summed E-state index contributed by atoms with van der Waals surface area (Å²) in [6, 6.07) is 12.8. The van der Waals surface area contributed by atoms with E-state index in [1.165, 1.54) is 28.2 Å². The molecule has 0 aliphatic heterocycles. The largest absolute Gasteiger partial charge is 0.322 e. The molecule has 0 aliphatic carbocycles. The van der Waals surface area contributed by atoms with Crippen molar-refractivity contribution in [2.75, 3.05) is 5.32 Å². The summed E-state index contributed by atoms with van der Waals surface area (Å²) in [6.45, 7) is 3.63. The van der Waals surface area contributed by atoms with Crippen molar-refractivity contribution in [3.05, 3.63) is 70.4 Å². The van der Waals surface area contributed by atoms with Crippen LogP contribution < -0.4 is 10.9 Å². The van der Waals surface area contributed by atoms with Gasteiger partial charge >= 0.3 is 0 Å². The Labute approximate surface area is 164 Å². The molecule has 4 rings (SSSR count). The number of hydrogen-bond acceptors (Lipinski definition) is 4. The smallest absolute Gasteiger partial charge is 0.276 e. The summed E-state index contributed by atoms with van der Waals surface area (Å²) in [5, 5.41) is 8.42. The van der Waals surface area contributed by atoms with Gasteiger partial charge in [-0.1, -0.05) is 37.3 Å². The van der Waals surface area contributed by atoms with Crippen LogP contribution in [0.2, 0.25) is 0 Å². The Morgan fingerprint density at radius 2 is 1.93 bits per heavy atom. The fourth-order valence-electron chi connectivity index (χ4n) is 3.34. The van der Waals surface area contributed by atoms with E-state index in [1.54, 1.807) is 19.1 Å². The van der Waals surface area contributed by atoms with Crippen LogP contribution in [0.5, 0.6) is 0 Å². The van der Waals surface area contributed by atoms with Crippen LogP contribution in [0.1, 0.15) is 25.1 Å². The lowest BCUT2D eigenvalue weighted by atomic mass is 10.1. The molecule has 5 nitrogen and oxygen atoms in total. The first-order chi connectivity index (χ1) is 13.5. The number of rotatable bonds is 4. The number of thiophene rings is 1. The molecule has 0 saturated heterocycles. The van der Waals surface area contributed by atoms with Crippen LogP contribution in [-0.4, -0.2) is 15.7 Å². The second-order valence-electron chi connectivity index (χ2n) is 6.53. The first-order valence-corrected chi connectivity index (χ1v) is 9.79. The molecule has 4 aromatic rings. The van der Waals surface area contributed by atoms with Gasteiger partial charge < -0.3 is 5.32 Å². The van der Waals surface area contributed by atoms with E-state index in [9.17, 15) is 14.0 Å². The average Bonchev–Trinajstić information content (AvgIpc) is 3.08. The van der Waals surface area contributed by atoms with E-state index in [1.807, 2.05) is 31.2 Å². The van der Waals surface area contributed by atoms with Crippen LogP contribution in [0.4, 0.5) is 10.1 Å². The number of fused-ring (bicyclic) bond motifs is 3. The zero-order chi connectivity index (χ0) is 19.8. The molecule has 7 heteroatoms. The Morgan fingerprint density at radius 3 is 2.68 bits per heavy atom. The molecule has 1 N–H and O–H groups in total. The van der Waals surface area contributed by atoms with E-state index < -0.39 is 17.8 Å². The minimum absolute atomic E-state index is 0.0813. The summed E-state index contributed by atoms with van der Waals surface area (Å²) in [6.07, 6.45) is 0.347. The number of para-hydroxylation sites is 1. The molecule has 1 unspecified atom stereocenters. The summed E-state index contributed by atoms with van der Waals surface area (Å²) in [4.78, 5) is 26.1. The first-order valence-electron chi connectivity index (χ1n) is 8.97. The molecule has 1 atom stereocenters. The lowest BCUT2D eigenvalue weighted by Crippen LogP contribution is -2.35. The van der Waals surface area contributed by atoms with Crippen LogP contribution in [0.25, 0.3) is 20.2 Å². The van der Waals surface area contributed by atoms with Crippen molar-refractivity contribution in [3.8, 4) is 0 Å². The molecular formula is C21H18FN3O2S. The lowest BCUT2D eigenvalue weighted by Gasteiger charge is -2.18. The van der Waals surface area contributed by atoms with Gasteiger partial charge in [0.2, 0.25) is 5.91 Å². The van der Waals surface area contributed by atoms with E-state index in [4.69, 9.17) is 0 Å². The quantitative estimate of drug-likeness (QED) is 0.547. The van der Waals surface area contributed by atoms with Gasteiger partial charge in [0.25, 0.3) is 5.56 Å². The summed E-state index contributed by atoms with van der Waals surface area (Å²) in [7, 11) is 0. The van der Waals surface area contributed by atoms with Crippen LogP contribution >= 0.6 is 11.3 Å². The fraction of sp³-hybridized carbons (Fsp3) is 0.190. The molecule has 0 fully saturated rings. The number of aryl methyl sites for hydroxylation is 1. The van der Waals surface area contributed by atoms with Crippen LogP contribution in [0, 0.1) is 12.7 Å². The van der Waals surface area contributed by atoms with E-state index in [2.05, 4.69) is 10.4 Å². The number of nitrogens with zero attached hydrogens (tertiary/aromatic N) is 2. The Balaban J connectivity index is 1.83. The molecule has 0 spiro atoms. The fourth-order valence-corrected chi connectivity index (χ4v) is 4.47. The molecule has 0 bridgehead atoms. The van der Waals surface area contributed by atoms with Crippen LogP contribution in [0.15, 0.2) is 53.3 Å². The number of carbonyl (C=O) groups is 1. The number of halogens is 1. The van der Waals surface area contributed by atoms with Crippen LogP contribution in [0.3, 0.4) is 0 Å². The Bertz CT molecular complexity index is 1260. The third-order valence-electron chi connectivity index (χ3n) is 4.72. The molecular weight excluding hydrogens is 377 g/mol. The SMILES string of the molecule is CCC(C(=O)Nc1ccccc1F)n1nc(C)c2sc3ccccc3c2c1=O. The molecule has 0 radical (unpaired) electrons. The number of anilines is 1. The highest BCUT2D eigenvalue weighted by atomic mass is 32.1. The first kappa shape index (κ1) is 18.3. The number of carbonyl (C=O) groups excluding carboxylic acids is 1. The standard InChI is InChI=1S/C21H18FN3O2S/c1-3-16(20(26)23-15-10-6-5-9-14(15)22)25-21(27)18-13-8-4-7-11-17(13)28-19(18)12(2)24-25/h4-11,16H,3H2,1-2H3,(H,23,26). The van der Waals surface area contributed by atoms with E-state index in [0.29, 0.717) is 17.5 Å². The molecule has 0 saturated carbocycles. The second kappa shape index (κ2) is 7.16. The molecule has 2 aromatic carbocycles. The van der Waals surface area contributed by atoms with Crippen molar-refractivity contribution in [1.82, 2.24) is 9.78 Å². The van der Waals surface area contributed by atoms with Crippen molar-refractivity contribution >= 4 is 43.1 Å². The van der Waals surface area contributed by atoms with Gasteiger partial charge in [0.15, 0.2) is 0 Å². The van der Waals surface area contributed by atoms with Gasteiger partial charge in [-0.15, -0.1) is 11.3 Å². The van der Waals surface area contributed by atoms with Crippen molar-refractivity contribution < 1.29 is 9.18 Å². The number of nitrogens with one attached hydrogen (secondary N) is 1. The van der Waals surface area contributed by atoms with Crippen molar-refractivity contribution in [2.45, 2.75) is 26.3 Å². The van der Waals surface area contributed by atoms with Crippen LogP contribution in [-0.2, 0) is 4.79 Å². The zero-order valence-electron chi connectivity index (χ0n) is 15.4. The summed E-state index contributed by atoms with van der Waals surface area (Å²) < 4.78 is 17.0. The zero-order valence-corrected chi connectivity index (χ0v) is 16.2. The monoisotopic (exact) mass is 395 g/mol.